The zero-order valence-electron chi connectivity index (χ0n) is 15.8. The number of rotatable bonds is 4. The SMILES string of the molecule is Cc1ccc(F)cc1Cn1c(Br)nc2c1c(=O)n(Cc1ccccn1)c(=O)n2C. The molecule has 0 unspecified atom stereocenters. The normalized spacial score (nSPS) is 11.3. The molecule has 0 spiro atoms. The number of imidazole rings is 1. The smallest absolute Gasteiger partial charge is 0.308 e. The van der Waals surface area contributed by atoms with Crippen molar-refractivity contribution in [1.29, 1.82) is 0 Å². The van der Waals surface area contributed by atoms with Crippen molar-refractivity contribution in [2.75, 3.05) is 0 Å². The number of benzene rings is 1. The van der Waals surface area contributed by atoms with Crippen LogP contribution < -0.4 is 11.2 Å². The summed E-state index contributed by atoms with van der Waals surface area (Å²) in [5.41, 5.74) is 1.77. The minimum atomic E-state index is -0.479. The van der Waals surface area contributed by atoms with E-state index in [2.05, 4.69) is 25.9 Å². The Hall–Kier alpha value is -3.07. The van der Waals surface area contributed by atoms with Crippen LogP contribution in [0.2, 0.25) is 0 Å². The number of halogens is 2. The third-order valence-electron chi connectivity index (χ3n) is 4.87. The molecule has 3 heterocycles. The summed E-state index contributed by atoms with van der Waals surface area (Å²) in [7, 11) is 1.57. The Bertz CT molecular complexity index is 1340. The van der Waals surface area contributed by atoms with Crippen LogP contribution in [0, 0.1) is 12.7 Å². The Labute approximate surface area is 173 Å². The molecule has 0 N–H and O–H groups in total. The van der Waals surface area contributed by atoms with E-state index in [4.69, 9.17) is 0 Å². The van der Waals surface area contributed by atoms with E-state index in [1.165, 1.54) is 16.7 Å². The van der Waals surface area contributed by atoms with E-state index in [9.17, 15) is 14.0 Å². The second kappa shape index (κ2) is 7.40. The van der Waals surface area contributed by atoms with Crippen molar-refractivity contribution < 1.29 is 4.39 Å². The molecule has 0 amide bonds. The summed E-state index contributed by atoms with van der Waals surface area (Å²) in [5, 5.41) is 0. The number of nitrogens with zero attached hydrogens (tertiary/aromatic N) is 5. The molecule has 0 aliphatic heterocycles. The van der Waals surface area contributed by atoms with Crippen molar-refractivity contribution in [3.8, 4) is 0 Å². The molecule has 0 fully saturated rings. The topological polar surface area (TPSA) is 74.7 Å². The molecule has 0 saturated carbocycles. The molecule has 1 aromatic carbocycles. The maximum atomic E-state index is 13.7. The molecule has 0 atom stereocenters. The lowest BCUT2D eigenvalue weighted by molar-refractivity contribution is 0.622. The van der Waals surface area contributed by atoms with Crippen LogP contribution in [0.1, 0.15) is 16.8 Å². The van der Waals surface area contributed by atoms with Crippen LogP contribution in [-0.4, -0.2) is 23.7 Å². The van der Waals surface area contributed by atoms with E-state index in [0.29, 0.717) is 10.4 Å². The van der Waals surface area contributed by atoms with Gasteiger partial charge in [0.1, 0.15) is 5.82 Å². The largest absolute Gasteiger partial charge is 0.332 e. The van der Waals surface area contributed by atoms with E-state index in [0.717, 1.165) is 15.7 Å². The second-order valence-corrected chi connectivity index (χ2v) is 7.47. The summed E-state index contributed by atoms with van der Waals surface area (Å²) in [6, 6.07) is 9.82. The first-order valence-corrected chi connectivity index (χ1v) is 9.66. The molecule has 4 rings (SSSR count). The molecule has 4 aromatic rings. The number of fused-ring (bicyclic) bond motifs is 1. The third kappa shape index (κ3) is 3.42. The van der Waals surface area contributed by atoms with Crippen molar-refractivity contribution in [3.63, 3.8) is 0 Å². The van der Waals surface area contributed by atoms with E-state index >= 15 is 0 Å². The number of hydrogen-bond acceptors (Lipinski definition) is 4. The maximum Gasteiger partial charge on any atom is 0.332 e. The molecule has 0 aliphatic rings. The third-order valence-corrected chi connectivity index (χ3v) is 5.48. The van der Waals surface area contributed by atoms with Gasteiger partial charge in [-0.15, -0.1) is 0 Å². The highest BCUT2D eigenvalue weighted by Crippen LogP contribution is 2.20. The monoisotopic (exact) mass is 457 g/mol. The summed E-state index contributed by atoms with van der Waals surface area (Å²) >= 11 is 3.38. The van der Waals surface area contributed by atoms with Gasteiger partial charge in [-0.05, 0) is 58.2 Å². The summed E-state index contributed by atoms with van der Waals surface area (Å²) in [5.74, 6) is -0.355. The Kier molecular flexibility index (Phi) is 4.91. The molecule has 0 aliphatic carbocycles. The van der Waals surface area contributed by atoms with Gasteiger partial charge in [0.15, 0.2) is 15.9 Å². The van der Waals surface area contributed by atoms with Crippen LogP contribution in [0.25, 0.3) is 11.2 Å². The van der Waals surface area contributed by atoms with Crippen LogP contribution >= 0.6 is 15.9 Å². The van der Waals surface area contributed by atoms with Gasteiger partial charge in [0.2, 0.25) is 0 Å². The lowest BCUT2D eigenvalue weighted by Gasteiger charge is -2.11. The van der Waals surface area contributed by atoms with Gasteiger partial charge in [-0.2, -0.15) is 0 Å². The van der Waals surface area contributed by atoms with Gasteiger partial charge in [-0.25, -0.2) is 14.2 Å². The molecule has 29 heavy (non-hydrogen) atoms. The average molecular weight is 458 g/mol. The zero-order chi connectivity index (χ0) is 20.7. The van der Waals surface area contributed by atoms with E-state index in [1.807, 2.05) is 6.92 Å². The molecular weight excluding hydrogens is 441 g/mol. The molecule has 148 valence electrons. The highest BCUT2D eigenvalue weighted by atomic mass is 79.9. The van der Waals surface area contributed by atoms with Crippen molar-refractivity contribution in [2.45, 2.75) is 20.0 Å². The lowest BCUT2D eigenvalue weighted by Crippen LogP contribution is -2.40. The first-order chi connectivity index (χ1) is 13.9. The van der Waals surface area contributed by atoms with Crippen molar-refractivity contribution in [2.24, 2.45) is 7.05 Å². The Morgan fingerprint density at radius 1 is 1.10 bits per heavy atom. The Morgan fingerprint density at radius 3 is 2.62 bits per heavy atom. The van der Waals surface area contributed by atoms with Crippen LogP contribution in [0.3, 0.4) is 0 Å². The lowest BCUT2D eigenvalue weighted by atomic mass is 10.1. The Balaban J connectivity index is 1.93. The summed E-state index contributed by atoms with van der Waals surface area (Å²) in [6.07, 6.45) is 1.61. The summed E-state index contributed by atoms with van der Waals surface area (Å²) in [6.45, 7) is 2.15. The number of aryl methyl sites for hydroxylation is 2. The molecule has 0 radical (unpaired) electrons. The van der Waals surface area contributed by atoms with Crippen molar-refractivity contribution in [1.82, 2.24) is 23.7 Å². The highest BCUT2D eigenvalue weighted by molar-refractivity contribution is 9.10. The van der Waals surface area contributed by atoms with Crippen LogP contribution in [0.5, 0.6) is 0 Å². The highest BCUT2D eigenvalue weighted by Gasteiger charge is 2.20. The minimum absolute atomic E-state index is 0.0457. The maximum absolute atomic E-state index is 13.7. The van der Waals surface area contributed by atoms with E-state index in [1.54, 1.807) is 42.1 Å². The van der Waals surface area contributed by atoms with Gasteiger partial charge in [-0.3, -0.25) is 18.9 Å². The van der Waals surface area contributed by atoms with Gasteiger partial charge < -0.3 is 4.57 Å². The molecule has 9 heteroatoms. The van der Waals surface area contributed by atoms with Gasteiger partial charge in [-0.1, -0.05) is 12.1 Å². The summed E-state index contributed by atoms with van der Waals surface area (Å²) in [4.78, 5) is 34.6. The number of pyridine rings is 1. The van der Waals surface area contributed by atoms with Gasteiger partial charge in [0.05, 0.1) is 18.8 Å². The average Bonchev–Trinajstić information content (AvgIpc) is 3.03. The summed E-state index contributed by atoms with van der Waals surface area (Å²) < 4.78 is 18.2. The zero-order valence-corrected chi connectivity index (χ0v) is 17.4. The van der Waals surface area contributed by atoms with Gasteiger partial charge in [0, 0.05) is 13.2 Å². The standard InChI is InChI=1S/C20H17BrFN5O2/c1-12-6-7-14(22)9-13(12)10-26-16-17(24-19(26)21)25(2)20(29)27(18(16)28)11-15-5-3-4-8-23-15/h3-9H,10-11H2,1-2H3. The fourth-order valence-electron chi connectivity index (χ4n) is 3.26. The second-order valence-electron chi connectivity index (χ2n) is 6.76. The van der Waals surface area contributed by atoms with Gasteiger partial charge in [0.25, 0.3) is 5.56 Å². The number of hydrogen-bond donors (Lipinski definition) is 0. The van der Waals surface area contributed by atoms with E-state index in [-0.39, 0.29) is 30.1 Å². The fraction of sp³-hybridized carbons (Fsp3) is 0.200. The Morgan fingerprint density at radius 2 is 1.90 bits per heavy atom. The predicted octanol–water partition coefficient (Wildman–Crippen LogP) is 2.60. The molecule has 0 saturated heterocycles. The minimum Gasteiger partial charge on any atom is -0.308 e. The van der Waals surface area contributed by atoms with Crippen molar-refractivity contribution >= 4 is 27.1 Å². The quantitative estimate of drug-likeness (QED) is 0.441. The van der Waals surface area contributed by atoms with Crippen LogP contribution in [0.4, 0.5) is 4.39 Å². The van der Waals surface area contributed by atoms with Gasteiger partial charge >= 0.3 is 5.69 Å². The first-order valence-electron chi connectivity index (χ1n) is 8.87. The molecule has 3 aromatic heterocycles. The molecule has 7 nitrogen and oxygen atoms in total. The first kappa shape index (κ1) is 19.3. The van der Waals surface area contributed by atoms with Crippen molar-refractivity contribution in [3.05, 3.63) is 90.8 Å². The fourth-order valence-corrected chi connectivity index (χ4v) is 3.73. The number of aromatic nitrogens is 5. The van der Waals surface area contributed by atoms with E-state index < -0.39 is 11.2 Å². The van der Waals surface area contributed by atoms with Crippen LogP contribution in [-0.2, 0) is 20.1 Å². The molecular formula is C20H17BrFN5O2. The molecule has 0 bridgehead atoms. The van der Waals surface area contributed by atoms with Crippen LogP contribution in [0.15, 0.2) is 56.9 Å². The predicted molar refractivity (Wildman–Crippen MR) is 111 cm³/mol.